The number of rotatable bonds is 4. The summed E-state index contributed by atoms with van der Waals surface area (Å²) in [5, 5.41) is 0. The molecule has 1 unspecified atom stereocenters. The van der Waals surface area contributed by atoms with Gasteiger partial charge in [0.25, 0.3) is 0 Å². The molecule has 100 valence electrons. The first-order valence-corrected chi connectivity index (χ1v) is 7.20. The predicted octanol–water partition coefficient (Wildman–Crippen LogP) is 3.26. The van der Waals surface area contributed by atoms with E-state index in [4.69, 9.17) is 5.73 Å². The fraction of sp³-hybridized carbons (Fsp3) is 0.667. The van der Waals surface area contributed by atoms with Crippen molar-refractivity contribution in [3.05, 3.63) is 23.9 Å². The van der Waals surface area contributed by atoms with E-state index in [9.17, 15) is 0 Å². The molecule has 1 saturated carbocycles. The van der Waals surface area contributed by atoms with Gasteiger partial charge in [0.05, 0.1) is 0 Å². The van der Waals surface area contributed by atoms with Crippen LogP contribution in [0.4, 0.5) is 5.82 Å². The van der Waals surface area contributed by atoms with E-state index in [0.717, 1.165) is 12.4 Å². The van der Waals surface area contributed by atoms with Crippen molar-refractivity contribution in [3.63, 3.8) is 0 Å². The van der Waals surface area contributed by atoms with Crippen molar-refractivity contribution < 1.29 is 0 Å². The van der Waals surface area contributed by atoms with Gasteiger partial charge in [0, 0.05) is 24.8 Å². The molecule has 0 aromatic carbocycles. The van der Waals surface area contributed by atoms with Gasteiger partial charge in [0.15, 0.2) is 0 Å². The topological polar surface area (TPSA) is 42.1 Å². The second-order valence-electron chi connectivity index (χ2n) is 5.31. The summed E-state index contributed by atoms with van der Waals surface area (Å²) in [6, 6.07) is 4.92. The zero-order valence-corrected chi connectivity index (χ0v) is 11.6. The fourth-order valence-electron chi connectivity index (χ4n) is 2.87. The van der Waals surface area contributed by atoms with Gasteiger partial charge >= 0.3 is 0 Å². The zero-order chi connectivity index (χ0) is 13.0. The summed E-state index contributed by atoms with van der Waals surface area (Å²) in [7, 11) is 0. The Morgan fingerprint density at radius 1 is 1.39 bits per heavy atom. The lowest BCUT2D eigenvalue weighted by molar-refractivity contribution is 0.416. The van der Waals surface area contributed by atoms with Crippen LogP contribution in [0.2, 0.25) is 0 Å². The van der Waals surface area contributed by atoms with E-state index >= 15 is 0 Å². The number of pyridine rings is 1. The molecule has 0 aliphatic heterocycles. The van der Waals surface area contributed by atoms with Gasteiger partial charge in [-0.3, -0.25) is 0 Å². The van der Waals surface area contributed by atoms with Crippen LogP contribution >= 0.6 is 0 Å². The van der Waals surface area contributed by atoms with E-state index in [-0.39, 0.29) is 6.04 Å². The minimum absolute atomic E-state index is 0.0804. The SMILES string of the molecule is CCN(c1cc(C(C)N)ccn1)C1CCCCC1. The molecule has 2 rings (SSSR count). The Kier molecular flexibility index (Phi) is 4.59. The zero-order valence-electron chi connectivity index (χ0n) is 11.6. The lowest BCUT2D eigenvalue weighted by atomic mass is 9.94. The van der Waals surface area contributed by atoms with E-state index < -0.39 is 0 Å². The highest BCUT2D eigenvalue weighted by Crippen LogP contribution is 2.27. The lowest BCUT2D eigenvalue weighted by Gasteiger charge is -2.34. The second-order valence-corrected chi connectivity index (χ2v) is 5.31. The highest BCUT2D eigenvalue weighted by Gasteiger charge is 2.21. The number of nitrogens with zero attached hydrogens (tertiary/aromatic N) is 2. The largest absolute Gasteiger partial charge is 0.354 e. The van der Waals surface area contributed by atoms with Gasteiger partial charge in [-0.05, 0) is 44.4 Å². The molecule has 2 N–H and O–H groups in total. The van der Waals surface area contributed by atoms with E-state index in [2.05, 4.69) is 22.9 Å². The summed E-state index contributed by atoms with van der Waals surface area (Å²) in [5.74, 6) is 1.10. The molecule has 3 heteroatoms. The van der Waals surface area contributed by atoms with Crippen LogP contribution in [0.5, 0.6) is 0 Å². The Bertz CT molecular complexity index is 370. The third kappa shape index (κ3) is 3.02. The van der Waals surface area contributed by atoms with Crippen LogP contribution in [-0.4, -0.2) is 17.6 Å². The second kappa shape index (κ2) is 6.19. The summed E-state index contributed by atoms with van der Waals surface area (Å²) in [6.07, 6.45) is 8.60. The Hall–Kier alpha value is -1.09. The van der Waals surface area contributed by atoms with Crippen LogP contribution in [0.3, 0.4) is 0 Å². The fourth-order valence-corrected chi connectivity index (χ4v) is 2.87. The molecule has 1 aromatic heterocycles. The van der Waals surface area contributed by atoms with Crippen molar-refractivity contribution in [2.45, 2.75) is 58.0 Å². The number of nitrogens with two attached hydrogens (primary N) is 1. The van der Waals surface area contributed by atoms with Gasteiger partial charge in [0.1, 0.15) is 5.82 Å². The lowest BCUT2D eigenvalue weighted by Crippen LogP contribution is -2.37. The molecule has 1 fully saturated rings. The summed E-state index contributed by atoms with van der Waals surface area (Å²) in [6.45, 7) is 5.27. The van der Waals surface area contributed by atoms with Gasteiger partial charge in [-0.25, -0.2) is 4.98 Å². The first kappa shape index (κ1) is 13.3. The highest BCUT2D eigenvalue weighted by molar-refractivity contribution is 5.42. The molecule has 18 heavy (non-hydrogen) atoms. The average Bonchev–Trinajstić information content (AvgIpc) is 2.41. The van der Waals surface area contributed by atoms with Gasteiger partial charge in [-0.2, -0.15) is 0 Å². The van der Waals surface area contributed by atoms with Crippen molar-refractivity contribution in [1.82, 2.24) is 4.98 Å². The smallest absolute Gasteiger partial charge is 0.129 e. The first-order valence-electron chi connectivity index (χ1n) is 7.20. The third-order valence-corrected chi connectivity index (χ3v) is 3.95. The molecule has 0 amide bonds. The van der Waals surface area contributed by atoms with Crippen molar-refractivity contribution in [2.24, 2.45) is 5.73 Å². The molecule has 0 bridgehead atoms. The predicted molar refractivity (Wildman–Crippen MR) is 76.7 cm³/mol. The molecule has 1 aliphatic carbocycles. The molecule has 1 aliphatic rings. The van der Waals surface area contributed by atoms with Crippen LogP contribution in [-0.2, 0) is 0 Å². The summed E-state index contributed by atoms with van der Waals surface area (Å²) >= 11 is 0. The minimum Gasteiger partial charge on any atom is -0.354 e. The summed E-state index contributed by atoms with van der Waals surface area (Å²) in [4.78, 5) is 6.99. The summed E-state index contributed by atoms with van der Waals surface area (Å²) in [5.41, 5.74) is 7.13. The van der Waals surface area contributed by atoms with Gasteiger partial charge in [-0.1, -0.05) is 19.3 Å². The quantitative estimate of drug-likeness (QED) is 0.888. The Balaban J connectivity index is 2.18. The normalized spacial score (nSPS) is 18.6. The van der Waals surface area contributed by atoms with Crippen molar-refractivity contribution >= 4 is 5.82 Å². The van der Waals surface area contributed by atoms with Crippen LogP contribution in [0.15, 0.2) is 18.3 Å². The molecule has 1 aromatic rings. The highest BCUT2D eigenvalue weighted by atomic mass is 15.2. The van der Waals surface area contributed by atoms with E-state index in [1.165, 1.54) is 37.7 Å². The van der Waals surface area contributed by atoms with Crippen LogP contribution in [0.1, 0.15) is 57.6 Å². The molecule has 3 nitrogen and oxygen atoms in total. The Morgan fingerprint density at radius 3 is 2.72 bits per heavy atom. The van der Waals surface area contributed by atoms with Crippen LogP contribution in [0.25, 0.3) is 0 Å². The van der Waals surface area contributed by atoms with Crippen LogP contribution in [0, 0.1) is 0 Å². The number of anilines is 1. The van der Waals surface area contributed by atoms with Gasteiger partial charge in [0.2, 0.25) is 0 Å². The van der Waals surface area contributed by atoms with Crippen molar-refractivity contribution in [3.8, 4) is 0 Å². The maximum Gasteiger partial charge on any atom is 0.129 e. The Labute approximate surface area is 110 Å². The standard InChI is InChI=1S/C15H25N3/c1-3-18(14-7-5-4-6-8-14)15-11-13(12(2)16)9-10-17-15/h9-12,14H,3-8,16H2,1-2H3. The number of aromatic nitrogens is 1. The molecular weight excluding hydrogens is 222 g/mol. The maximum atomic E-state index is 5.96. The molecular formula is C15H25N3. The molecule has 1 heterocycles. The number of hydrogen-bond acceptors (Lipinski definition) is 3. The molecule has 0 saturated heterocycles. The minimum atomic E-state index is 0.0804. The van der Waals surface area contributed by atoms with E-state index in [0.29, 0.717) is 6.04 Å². The molecule has 1 atom stereocenters. The third-order valence-electron chi connectivity index (χ3n) is 3.95. The van der Waals surface area contributed by atoms with Gasteiger partial charge < -0.3 is 10.6 Å². The molecule has 0 spiro atoms. The monoisotopic (exact) mass is 247 g/mol. The van der Waals surface area contributed by atoms with Crippen LogP contribution < -0.4 is 10.6 Å². The van der Waals surface area contributed by atoms with Crippen molar-refractivity contribution in [1.29, 1.82) is 0 Å². The first-order chi connectivity index (χ1) is 8.72. The van der Waals surface area contributed by atoms with Crippen molar-refractivity contribution in [2.75, 3.05) is 11.4 Å². The average molecular weight is 247 g/mol. The number of hydrogen-bond donors (Lipinski definition) is 1. The van der Waals surface area contributed by atoms with Gasteiger partial charge in [-0.15, -0.1) is 0 Å². The van der Waals surface area contributed by atoms with E-state index in [1.807, 2.05) is 19.2 Å². The molecule has 0 radical (unpaired) electrons. The maximum absolute atomic E-state index is 5.96. The summed E-state index contributed by atoms with van der Waals surface area (Å²) < 4.78 is 0. The Morgan fingerprint density at radius 2 is 2.11 bits per heavy atom. The van der Waals surface area contributed by atoms with E-state index in [1.54, 1.807) is 0 Å².